The Bertz CT molecular complexity index is 1310. The molecule has 0 fully saturated rings. The Labute approximate surface area is 213 Å². The van der Waals surface area contributed by atoms with Crippen LogP contribution in [0.2, 0.25) is 5.02 Å². The Morgan fingerprint density at radius 1 is 1.00 bits per heavy atom. The SMILES string of the molecule is CC[C@@H](NC(=O)CN(c1ccccc1C)S(=O)(=O)c1ccc(Cl)cc1)c1ccc2c(c1)CCCC2. The lowest BCUT2D eigenvalue weighted by molar-refractivity contribution is -0.120. The van der Waals surface area contributed by atoms with Gasteiger partial charge in [-0.05, 0) is 91.6 Å². The largest absolute Gasteiger partial charge is 0.348 e. The van der Waals surface area contributed by atoms with Crippen LogP contribution in [0, 0.1) is 6.92 Å². The molecule has 1 amide bonds. The Hall–Kier alpha value is -2.83. The molecular weight excluding hydrogens is 480 g/mol. The fourth-order valence-corrected chi connectivity index (χ4v) is 6.25. The second-order valence-electron chi connectivity index (χ2n) is 9.02. The van der Waals surface area contributed by atoms with Gasteiger partial charge in [0.2, 0.25) is 5.91 Å². The van der Waals surface area contributed by atoms with Crippen LogP contribution < -0.4 is 9.62 Å². The number of carbonyl (C=O) groups excluding carboxylic acids is 1. The molecule has 3 aromatic rings. The van der Waals surface area contributed by atoms with E-state index in [2.05, 4.69) is 23.5 Å². The van der Waals surface area contributed by atoms with E-state index in [0.717, 1.165) is 24.0 Å². The summed E-state index contributed by atoms with van der Waals surface area (Å²) in [5, 5.41) is 3.52. The van der Waals surface area contributed by atoms with Gasteiger partial charge in [-0.25, -0.2) is 8.42 Å². The number of carbonyl (C=O) groups is 1. The molecule has 0 aromatic heterocycles. The smallest absolute Gasteiger partial charge is 0.264 e. The molecule has 0 unspecified atom stereocenters. The van der Waals surface area contributed by atoms with E-state index >= 15 is 0 Å². The predicted molar refractivity (Wildman–Crippen MR) is 141 cm³/mol. The number of hydrogen-bond acceptors (Lipinski definition) is 3. The van der Waals surface area contributed by atoms with Crippen molar-refractivity contribution in [3.05, 3.63) is 94.0 Å². The maximum atomic E-state index is 13.6. The zero-order valence-electron chi connectivity index (χ0n) is 20.1. The third-order valence-corrected chi connectivity index (χ3v) is 8.62. The van der Waals surface area contributed by atoms with E-state index in [4.69, 9.17) is 11.6 Å². The van der Waals surface area contributed by atoms with Crippen LogP contribution in [0.5, 0.6) is 0 Å². The molecule has 184 valence electrons. The number of amides is 1. The number of rotatable bonds is 8. The fraction of sp³-hybridized carbons (Fsp3) is 0.321. The maximum Gasteiger partial charge on any atom is 0.264 e. The number of fused-ring (bicyclic) bond motifs is 1. The Kier molecular flexibility index (Phi) is 7.82. The number of anilines is 1. The summed E-state index contributed by atoms with van der Waals surface area (Å²) in [6.07, 6.45) is 5.28. The molecular formula is C28H31ClN2O3S. The molecule has 1 atom stereocenters. The number of sulfonamides is 1. The minimum absolute atomic E-state index is 0.0830. The van der Waals surface area contributed by atoms with Crippen LogP contribution in [-0.4, -0.2) is 20.9 Å². The molecule has 0 bridgehead atoms. The first-order valence-electron chi connectivity index (χ1n) is 12.0. The molecule has 0 radical (unpaired) electrons. The van der Waals surface area contributed by atoms with Crippen LogP contribution >= 0.6 is 11.6 Å². The summed E-state index contributed by atoms with van der Waals surface area (Å²) in [5.74, 6) is -0.352. The van der Waals surface area contributed by atoms with Gasteiger partial charge in [0.1, 0.15) is 6.54 Å². The molecule has 0 saturated carbocycles. The topological polar surface area (TPSA) is 66.5 Å². The molecule has 1 aliphatic carbocycles. The number of nitrogens with one attached hydrogen (secondary N) is 1. The Morgan fingerprint density at radius 3 is 2.37 bits per heavy atom. The first kappa shape index (κ1) is 25.3. The van der Waals surface area contributed by atoms with Gasteiger partial charge in [0.05, 0.1) is 16.6 Å². The van der Waals surface area contributed by atoms with Gasteiger partial charge in [-0.3, -0.25) is 9.10 Å². The molecule has 4 rings (SSSR count). The van der Waals surface area contributed by atoms with Crippen molar-refractivity contribution in [1.29, 1.82) is 0 Å². The van der Waals surface area contributed by atoms with Crippen molar-refractivity contribution in [3.8, 4) is 0 Å². The molecule has 0 spiro atoms. The fourth-order valence-electron chi connectivity index (χ4n) is 4.64. The number of benzene rings is 3. The second kappa shape index (κ2) is 10.8. The second-order valence-corrected chi connectivity index (χ2v) is 11.3. The minimum Gasteiger partial charge on any atom is -0.348 e. The van der Waals surface area contributed by atoms with Crippen molar-refractivity contribution < 1.29 is 13.2 Å². The van der Waals surface area contributed by atoms with Crippen LogP contribution in [-0.2, 0) is 27.7 Å². The quantitative estimate of drug-likeness (QED) is 0.404. The third-order valence-electron chi connectivity index (χ3n) is 6.59. The summed E-state index contributed by atoms with van der Waals surface area (Å²) in [5.41, 5.74) is 5.04. The van der Waals surface area contributed by atoms with Gasteiger partial charge in [0, 0.05) is 5.02 Å². The van der Waals surface area contributed by atoms with Crippen molar-refractivity contribution in [2.45, 2.75) is 56.9 Å². The number of aryl methyl sites for hydroxylation is 3. The van der Waals surface area contributed by atoms with Crippen LogP contribution in [0.3, 0.4) is 0 Å². The summed E-state index contributed by atoms with van der Waals surface area (Å²) < 4.78 is 28.4. The van der Waals surface area contributed by atoms with Crippen LogP contribution in [0.4, 0.5) is 5.69 Å². The Balaban J connectivity index is 1.61. The van der Waals surface area contributed by atoms with E-state index in [1.165, 1.54) is 52.5 Å². The average Bonchev–Trinajstić information content (AvgIpc) is 2.86. The van der Waals surface area contributed by atoms with Gasteiger partial charge in [0.15, 0.2) is 0 Å². The maximum absolute atomic E-state index is 13.6. The van der Waals surface area contributed by atoms with E-state index in [1.807, 2.05) is 26.0 Å². The highest BCUT2D eigenvalue weighted by Crippen LogP contribution is 2.29. The van der Waals surface area contributed by atoms with Crippen molar-refractivity contribution in [2.24, 2.45) is 0 Å². The van der Waals surface area contributed by atoms with E-state index in [0.29, 0.717) is 17.1 Å². The predicted octanol–water partition coefficient (Wildman–Crippen LogP) is 5.99. The zero-order valence-corrected chi connectivity index (χ0v) is 21.7. The van der Waals surface area contributed by atoms with Crippen LogP contribution in [0.15, 0.2) is 71.6 Å². The van der Waals surface area contributed by atoms with Gasteiger partial charge in [-0.1, -0.05) is 54.9 Å². The average molecular weight is 511 g/mol. The lowest BCUT2D eigenvalue weighted by Gasteiger charge is -2.27. The monoisotopic (exact) mass is 510 g/mol. The van der Waals surface area contributed by atoms with Gasteiger partial charge in [-0.2, -0.15) is 0 Å². The minimum atomic E-state index is -3.99. The van der Waals surface area contributed by atoms with Crippen molar-refractivity contribution in [1.82, 2.24) is 5.32 Å². The summed E-state index contributed by atoms with van der Waals surface area (Å²) >= 11 is 5.97. The van der Waals surface area contributed by atoms with Crippen molar-refractivity contribution in [3.63, 3.8) is 0 Å². The highest BCUT2D eigenvalue weighted by molar-refractivity contribution is 7.92. The number of nitrogens with zero attached hydrogens (tertiary/aromatic N) is 1. The first-order chi connectivity index (χ1) is 16.8. The molecule has 1 N–H and O–H groups in total. The summed E-state index contributed by atoms with van der Waals surface area (Å²) in [7, 11) is -3.99. The molecule has 3 aromatic carbocycles. The van der Waals surface area contributed by atoms with E-state index in [-0.39, 0.29) is 23.4 Å². The molecule has 0 heterocycles. The summed E-state index contributed by atoms with van der Waals surface area (Å²) in [6, 6.07) is 19.4. The number of halogens is 1. The lowest BCUT2D eigenvalue weighted by Crippen LogP contribution is -2.42. The Morgan fingerprint density at radius 2 is 1.69 bits per heavy atom. The van der Waals surface area contributed by atoms with Crippen LogP contribution in [0.25, 0.3) is 0 Å². The molecule has 5 nitrogen and oxygen atoms in total. The van der Waals surface area contributed by atoms with E-state index in [1.54, 1.807) is 12.1 Å². The molecule has 0 aliphatic heterocycles. The van der Waals surface area contributed by atoms with E-state index in [9.17, 15) is 13.2 Å². The molecule has 1 aliphatic rings. The van der Waals surface area contributed by atoms with E-state index < -0.39 is 10.0 Å². The first-order valence-corrected chi connectivity index (χ1v) is 13.9. The zero-order chi connectivity index (χ0) is 25.0. The molecule has 0 saturated heterocycles. The third kappa shape index (κ3) is 5.71. The van der Waals surface area contributed by atoms with Crippen molar-refractivity contribution >= 4 is 33.2 Å². The van der Waals surface area contributed by atoms with Gasteiger partial charge >= 0.3 is 0 Å². The highest BCUT2D eigenvalue weighted by atomic mass is 35.5. The van der Waals surface area contributed by atoms with Crippen molar-refractivity contribution in [2.75, 3.05) is 10.8 Å². The lowest BCUT2D eigenvalue weighted by atomic mass is 9.89. The van der Waals surface area contributed by atoms with Gasteiger partial charge in [0.25, 0.3) is 10.0 Å². The normalized spacial score (nSPS) is 14.1. The molecule has 35 heavy (non-hydrogen) atoms. The summed E-state index contributed by atoms with van der Waals surface area (Å²) in [4.78, 5) is 13.3. The van der Waals surface area contributed by atoms with Crippen LogP contribution in [0.1, 0.15) is 54.5 Å². The summed E-state index contributed by atoms with van der Waals surface area (Å²) in [6.45, 7) is 3.53. The number of hydrogen-bond donors (Lipinski definition) is 1. The number of para-hydroxylation sites is 1. The van der Waals surface area contributed by atoms with Gasteiger partial charge < -0.3 is 5.32 Å². The molecule has 7 heteroatoms. The standard InChI is InChI=1S/C28H31ClN2O3S/c1-3-26(23-13-12-21-9-5-6-10-22(21)18-23)30-28(32)19-31(27-11-7-4-8-20(27)2)35(33,34)25-16-14-24(29)15-17-25/h4,7-8,11-18,26H,3,5-6,9-10,19H2,1-2H3,(H,30,32)/t26-/m1/s1. The highest BCUT2D eigenvalue weighted by Gasteiger charge is 2.29. The van der Waals surface area contributed by atoms with Gasteiger partial charge in [-0.15, -0.1) is 0 Å².